The van der Waals surface area contributed by atoms with Gasteiger partial charge in [0.2, 0.25) is 0 Å². The van der Waals surface area contributed by atoms with Crippen LogP contribution in [0.1, 0.15) is 18.9 Å². The summed E-state index contributed by atoms with van der Waals surface area (Å²) in [7, 11) is 0. The molecule has 0 saturated carbocycles. The molecule has 2 rings (SSSR count). The second-order valence-electron chi connectivity index (χ2n) is 4.50. The minimum atomic E-state index is -0.886. The summed E-state index contributed by atoms with van der Waals surface area (Å²) in [5, 5.41) is 0.327. The molecule has 0 spiro atoms. The van der Waals surface area contributed by atoms with Crippen molar-refractivity contribution in [3.63, 3.8) is 0 Å². The lowest BCUT2D eigenvalue weighted by Gasteiger charge is -2.28. The Morgan fingerprint density at radius 1 is 1.26 bits per heavy atom. The van der Waals surface area contributed by atoms with Gasteiger partial charge in [0, 0.05) is 23.2 Å². The van der Waals surface area contributed by atoms with Gasteiger partial charge in [0.05, 0.1) is 5.25 Å². The number of carbonyl (C=O) groups excluding carboxylic acids is 1. The van der Waals surface area contributed by atoms with Crippen LogP contribution in [0, 0.1) is 11.6 Å². The molecule has 1 fully saturated rings. The Bertz CT molecular complexity index is 465. The van der Waals surface area contributed by atoms with Crippen LogP contribution in [-0.4, -0.2) is 27.8 Å². The molecule has 0 radical (unpaired) electrons. The second-order valence-corrected chi connectivity index (χ2v) is 7.10. The zero-order valence-corrected chi connectivity index (χ0v) is 12.3. The number of halogens is 2. The van der Waals surface area contributed by atoms with Crippen LogP contribution in [0.25, 0.3) is 0 Å². The zero-order chi connectivity index (χ0) is 13.8. The van der Waals surface area contributed by atoms with Gasteiger partial charge in [-0.25, -0.2) is 8.78 Å². The van der Waals surface area contributed by atoms with E-state index in [0.717, 1.165) is 30.1 Å². The molecule has 1 aromatic rings. The number of carbonyl (C=O) groups is 1. The molecule has 2 atom stereocenters. The summed E-state index contributed by atoms with van der Waals surface area (Å²) >= 11 is 3.53. The summed E-state index contributed by atoms with van der Waals surface area (Å²) < 4.78 is 26.0. The van der Waals surface area contributed by atoms with Crippen LogP contribution in [-0.2, 0) is 11.2 Å². The van der Waals surface area contributed by atoms with Crippen molar-refractivity contribution >= 4 is 29.3 Å². The fourth-order valence-corrected chi connectivity index (χ4v) is 5.19. The van der Waals surface area contributed by atoms with E-state index in [1.54, 1.807) is 11.8 Å². The lowest BCUT2D eigenvalue weighted by atomic mass is 10.0. The van der Waals surface area contributed by atoms with Crippen molar-refractivity contribution in [2.45, 2.75) is 30.3 Å². The van der Waals surface area contributed by atoms with Crippen LogP contribution in [0.3, 0.4) is 0 Å². The fraction of sp³-hybridized carbons (Fsp3) is 0.500. The monoisotopic (exact) mass is 302 g/mol. The fourth-order valence-electron chi connectivity index (χ4n) is 2.15. The molecule has 104 valence electrons. The van der Waals surface area contributed by atoms with Crippen LogP contribution in [0.2, 0.25) is 0 Å². The van der Waals surface area contributed by atoms with Gasteiger partial charge in [-0.05, 0) is 24.1 Å². The molecular weight excluding hydrogens is 286 g/mol. The smallest absolute Gasteiger partial charge is 0.159 e. The molecule has 1 aliphatic heterocycles. The summed E-state index contributed by atoms with van der Waals surface area (Å²) in [5.41, 5.74) is 0.551. The molecule has 1 saturated heterocycles. The predicted molar refractivity (Wildman–Crippen MR) is 77.9 cm³/mol. The Morgan fingerprint density at radius 2 is 2.00 bits per heavy atom. The Kier molecular flexibility index (Phi) is 5.28. The Morgan fingerprint density at radius 3 is 2.68 bits per heavy atom. The quantitative estimate of drug-likeness (QED) is 0.844. The first-order valence-corrected chi connectivity index (χ1v) is 8.41. The van der Waals surface area contributed by atoms with Crippen molar-refractivity contribution in [1.29, 1.82) is 0 Å². The van der Waals surface area contributed by atoms with Gasteiger partial charge in [0.15, 0.2) is 17.4 Å². The Labute approximate surface area is 120 Å². The number of benzene rings is 1. The van der Waals surface area contributed by atoms with Crippen LogP contribution in [0.5, 0.6) is 0 Å². The number of Topliss-reactive ketones (excluding diaryl/α,β-unsaturated/α-hetero) is 1. The average molecular weight is 302 g/mol. The van der Waals surface area contributed by atoms with E-state index in [0.29, 0.717) is 10.8 Å². The molecule has 1 nitrogen and oxygen atoms in total. The summed E-state index contributed by atoms with van der Waals surface area (Å²) in [4.78, 5) is 12.3. The van der Waals surface area contributed by atoms with E-state index in [1.165, 1.54) is 6.07 Å². The number of rotatable bonds is 4. The van der Waals surface area contributed by atoms with Crippen molar-refractivity contribution in [3.05, 3.63) is 35.4 Å². The first-order valence-electron chi connectivity index (χ1n) is 6.31. The van der Waals surface area contributed by atoms with Gasteiger partial charge in [0.1, 0.15) is 0 Å². The molecule has 2 unspecified atom stereocenters. The number of hydrogen-bond acceptors (Lipinski definition) is 3. The van der Waals surface area contributed by atoms with Gasteiger partial charge >= 0.3 is 0 Å². The minimum Gasteiger partial charge on any atom is -0.298 e. The van der Waals surface area contributed by atoms with Gasteiger partial charge in [0.25, 0.3) is 0 Å². The molecule has 5 heteroatoms. The average Bonchev–Trinajstić information content (AvgIpc) is 2.43. The SMILES string of the molecule is CCC1SCCSC1C(=O)Cc1ccc(F)c(F)c1. The second kappa shape index (κ2) is 6.75. The molecule has 0 aromatic heterocycles. The van der Waals surface area contributed by atoms with Gasteiger partial charge in [-0.2, -0.15) is 11.8 Å². The molecular formula is C14H16F2OS2. The lowest BCUT2D eigenvalue weighted by molar-refractivity contribution is -0.117. The molecule has 0 amide bonds. The highest BCUT2D eigenvalue weighted by atomic mass is 32.2. The molecule has 1 aromatic carbocycles. The third-order valence-electron chi connectivity index (χ3n) is 3.13. The summed E-state index contributed by atoms with van der Waals surface area (Å²) in [6, 6.07) is 3.69. The van der Waals surface area contributed by atoms with Crippen LogP contribution in [0.4, 0.5) is 8.78 Å². The highest BCUT2D eigenvalue weighted by Gasteiger charge is 2.30. The van der Waals surface area contributed by atoms with Crippen molar-refractivity contribution in [2.75, 3.05) is 11.5 Å². The third kappa shape index (κ3) is 3.72. The highest BCUT2D eigenvalue weighted by molar-refractivity contribution is 8.07. The van der Waals surface area contributed by atoms with Crippen molar-refractivity contribution in [1.82, 2.24) is 0 Å². The molecule has 0 N–H and O–H groups in total. The summed E-state index contributed by atoms with van der Waals surface area (Å²) in [6.07, 6.45) is 1.15. The maximum absolute atomic E-state index is 13.1. The lowest BCUT2D eigenvalue weighted by Crippen LogP contribution is -2.33. The van der Waals surface area contributed by atoms with Gasteiger partial charge in [-0.1, -0.05) is 13.0 Å². The Balaban J connectivity index is 2.05. The van der Waals surface area contributed by atoms with Gasteiger partial charge in [-0.15, -0.1) is 11.8 Å². The van der Waals surface area contributed by atoms with E-state index in [9.17, 15) is 13.6 Å². The largest absolute Gasteiger partial charge is 0.298 e. The number of hydrogen-bond donors (Lipinski definition) is 0. The van der Waals surface area contributed by atoms with E-state index >= 15 is 0 Å². The van der Waals surface area contributed by atoms with Crippen LogP contribution >= 0.6 is 23.5 Å². The summed E-state index contributed by atoms with van der Waals surface area (Å²) in [6.45, 7) is 2.08. The van der Waals surface area contributed by atoms with Gasteiger partial charge < -0.3 is 0 Å². The number of thioether (sulfide) groups is 2. The van der Waals surface area contributed by atoms with E-state index in [4.69, 9.17) is 0 Å². The highest BCUT2D eigenvalue weighted by Crippen LogP contribution is 2.34. The van der Waals surface area contributed by atoms with Crippen LogP contribution < -0.4 is 0 Å². The minimum absolute atomic E-state index is 0.0168. The Hall–Kier alpha value is -0.550. The van der Waals surface area contributed by atoms with Crippen molar-refractivity contribution in [3.8, 4) is 0 Å². The van der Waals surface area contributed by atoms with Crippen LogP contribution in [0.15, 0.2) is 18.2 Å². The van der Waals surface area contributed by atoms with E-state index < -0.39 is 11.6 Å². The van der Waals surface area contributed by atoms with E-state index in [1.807, 2.05) is 11.8 Å². The number of ketones is 1. The molecule has 0 aliphatic carbocycles. The van der Waals surface area contributed by atoms with Crippen molar-refractivity contribution < 1.29 is 13.6 Å². The maximum atomic E-state index is 13.1. The molecule has 1 aliphatic rings. The standard InChI is InChI=1S/C14H16F2OS2/c1-2-13-14(19-6-5-18-13)12(17)8-9-3-4-10(15)11(16)7-9/h3-4,7,13-14H,2,5-6,8H2,1H3. The molecule has 0 bridgehead atoms. The zero-order valence-electron chi connectivity index (χ0n) is 10.7. The first-order chi connectivity index (χ1) is 9.11. The van der Waals surface area contributed by atoms with E-state index in [-0.39, 0.29) is 17.5 Å². The molecule has 19 heavy (non-hydrogen) atoms. The third-order valence-corrected chi connectivity index (χ3v) is 6.43. The van der Waals surface area contributed by atoms with Gasteiger partial charge in [-0.3, -0.25) is 4.79 Å². The van der Waals surface area contributed by atoms with Crippen molar-refractivity contribution in [2.24, 2.45) is 0 Å². The summed E-state index contributed by atoms with van der Waals surface area (Å²) in [5.74, 6) is 0.427. The van der Waals surface area contributed by atoms with E-state index in [2.05, 4.69) is 6.92 Å². The topological polar surface area (TPSA) is 17.1 Å². The first kappa shape index (κ1) is 14.9. The normalized spacial score (nSPS) is 23.3. The predicted octanol–water partition coefficient (Wildman–Crippen LogP) is 3.70. The molecule has 1 heterocycles. The maximum Gasteiger partial charge on any atom is 0.159 e.